The van der Waals surface area contributed by atoms with E-state index in [0.717, 1.165) is 11.5 Å². The highest BCUT2D eigenvalue weighted by Gasteiger charge is 2.12. The van der Waals surface area contributed by atoms with E-state index in [4.69, 9.17) is 30.5 Å². The maximum absolute atomic E-state index is 12.1. The number of amides is 1. The lowest BCUT2D eigenvalue weighted by molar-refractivity contribution is -0.116. The van der Waals surface area contributed by atoms with Crippen LogP contribution in [0.5, 0.6) is 23.0 Å². The van der Waals surface area contributed by atoms with Gasteiger partial charge in [-0.15, -0.1) is 0 Å². The van der Waals surface area contributed by atoms with Gasteiger partial charge in [0.2, 0.25) is 5.91 Å². The van der Waals surface area contributed by atoms with Crippen molar-refractivity contribution in [2.45, 2.75) is 12.8 Å². The molecule has 140 valence electrons. The molecule has 0 saturated carbocycles. The van der Waals surface area contributed by atoms with Gasteiger partial charge in [-0.1, -0.05) is 11.6 Å². The standard InChI is InChI=1S/C19H22ClNO5/c1-23-13-6-8-14(9-7-13)26-10-4-5-19(22)21-16-12-18(25-3)17(24-2)11-15(16)20/h6-9,11-12H,4-5,10H2,1-3H3,(H,21,22). The van der Waals surface area contributed by atoms with Gasteiger partial charge in [0, 0.05) is 18.6 Å². The van der Waals surface area contributed by atoms with E-state index in [9.17, 15) is 4.79 Å². The highest BCUT2D eigenvalue weighted by Crippen LogP contribution is 2.36. The minimum absolute atomic E-state index is 0.155. The average molecular weight is 380 g/mol. The molecule has 0 aliphatic rings. The summed E-state index contributed by atoms with van der Waals surface area (Å²) in [5, 5.41) is 3.15. The van der Waals surface area contributed by atoms with Crippen LogP contribution in [0.3, 0.4) is 0 Å². The van der Waals surface area contributed by atoms with Crippen molar-refractivity contribution < 1.29 is 23.7 Å². The van der Waals surface area contributed by atoms with Crippen molar-refractivity contribution in [1.82, 2.24) is 0 Å². The van der Waals surface area contributed by atoms with E-state index in [1.54, 1.807) is 19.2 Å². The second-order valence-corrected chi connectivity index (χ2v) is 5.77. The molecule has 6 nitrogen and oxygen atoms in total. The molecule has 0 heterocycles. The normalized spacial score (nSPS) is 10.2. The number of nitrogens with one attached hydrogen (secondary N) is 1. The Balaban J connectivity index is 1.81. The molecule has 2 rings (SSSR count). The lowest BCUT2D eigenvalue weighted by Crippen LogP contribution is -2.13. The number of hydrogen-bond donors (Lipinski definition) is 1. The first-order chi connectivity index (χ1) is 12.6. The highest BCUT2D eigenvalue weighted by molar-refractivity contribution is 6.34. The molecule has 2 aromatic rings. The van der Waals surface area contributed by atoms with Gasteiger partial charge in [0.25, 0.3) is 0 Å². The summed E-state index contributed by atoms with van der Waals surface area (Å²) in [6.07, 6.45) is 0.879. The Bertz CT molecular complexity index is 733. The summed E-state index contributed by atoms with van der Waals surface area (Å²) in [5.74, 6) is 2.34. The molecule has 0 radical (unpaired) electrons. The van der Waals surface area contributed by atoms with Gasteiger partial charge in [0.15, 0.2) is 11.5 Å². The number of carbonyl (C=O) groups excluding carboxylic acids is 1. The molecule has 0 aromatic heterocycles. The Morgan fingerprint density at radius 2 is 1.58 bits per heavy atom. The molecule has 1 N–H and O–H groups in total. The molecule has 0 unspecified atom stereocenters. The van der Waals surface area contributed by atoms with Crippen LogP contribution in [0.15, 0.2) is 36.4 Å². The van der Waals surface area contributed by atoms with Gasteiger partial charge in [0.05, 0.1) is 38.6 Å². The lowest BCUT2D eigenvalue weighted by atomic mass is 10.2. The predicted octanol–water partition coefficient (Wildman–Crippen LogP) is 4.16. The Morgan fingerprint density at radius 3 is 2.19 bits per heavy atom. The van der Waals surface area contributed by atoms with Gasteiger partial charge in [-0.25, -0.2) is 0 Å². The molecule has 2 aromatic carbocycles. The zero-order valence-electron chi connectivity index (χ0n) is 15.0. The van der Waals surface area contributed by atoms with E-state index in [1.165, 1.54) is 14.2 Å². The quantitative estimate of drug-likeness (QED) is 0.662. The molecule has 7 heteroatoms. The number of methoxy groups -OCH3 is 3. The fourth-order valence-electron chi connectivity index (χ4n) is 2.26. The molecule has 26 heavy (non-hydrogen) atoms. The summed E-state index contributed by atoms with van der Waals surface area (Å²) in [6, 6.07) is 10.5. The summed E-state index contributed by atoms with van der Waals surface area (Å²) in [5.41, 5.74) is 0.477. The fraction of sp³-hybridized carbons (Fsp3) is 0.316. The van der Waals surface area contributed by atoms with E-state index in [0.29, 0.717) is 41.7 Å². The van der Waals surface area contributed by atoms with Crippen LogP contribution in [-0.4, -0.2) is 33.8 Å². The number of rotatable bonds is 9. The number of carbonyl (C=O) groups is 1. The van der Waals surface area contributed by atoms with E-state index in [1.807, 2.05) is 24.3 Å². The fourth-order valence-corrected chi connectivity index (χ4v) is 2.46. The largest absolute Gasteiger partial charge is 0.497 e. The van der Waals surface area contributed by atoms with Crippen LogP contribution in [0.1, 0.15) is 12.8 Å². The molecule has 0 fully saturated rings. The maximum atomic E-state index is 12.1. The molecule has 0 aliphatic carbocycles. The van der Waals surface area contributed by atoms with Gasteiger partial charge in [-0.05, 0) is 30.7 Å². The molecule has 0 spiro atoms. The van der Waals surface area contributed by atoms with Crippen LogP contribution in [0, 0.1) is 0 Å². The smallest absolute Gasteiger partial charge is 0.224 e. The van der Waals surface area contributed by atoms with Crippen molar-refractivity contribution in [2.75, 3.05) is 33.3 Å². The summed E-state index contributed by atoms with van der Waals surface area (Å²) in [7, 11) is 4.66. The van der Waals surface area contributed by atoms with Crippen LogP contribution in [0.4, 0.5) is 5.69 Å². The molecule has 0 aliphatic heterocycles. The molecular weight excluding hydrogens is 358 g/mol. The summed E-state index contributed by atoms with van der Waals surface area (Å²) >= 11 is 6.16. The van der Waals surface area contributed by atoms with Crippen molar-refractivity contribution in [2.24, 2.45) is 0 Å². The van der Waals surface area contributed by atoms with Gasteiger partial charge >= 0.3 is 0 Å². The summed E-state index contributed by atoms with van der Waals surface area (Å²) in [6.45, 7) is 0.430. The number of hydrogen-bond acceptors (Lipinski definition) is 5. The second kappa shape index (κ2) is 9.77. The Kier molecular flexibility index (Phi) is 7.41. The number of anilines is 1. The Labute approximate surface area is 158 Å². The first kappa shape index (κ1) is 19.7. The number of ether oxygens (including phenoxy) is 4. The third kappa shape index (κ3) is 5.46. The molecule has 0 saturated heterocycles. The molecular formula is C19H22ClNO5. The van der Waals surface area contributed by atoms with E-state index in [-0.39, 0.29) is 5.91 Å². The Hall–Kier alpha value is -2.60. The van der Waals surface area contributed by atoms with Gasteiger partial charge in [0.1, 0.15) is 11.5 Å². The van der Waals surface area contributed by atoms with Crippen molar-refractivity contribution in [3.8, 4) is 23.0 Å². The summed E-state index contributed by atoms with van der Waals surface area (Å²) in [4.78, 5) is 12.1. The number of benzene rings is 2. The van der Waals surface area contributed by atoms with Gasteiger partial charge < -0.3 is 24.3 Å². The van der Waals surface area contributed by atoms with Gasteiger partial charge in [-0.2, -0.15) is 0 Å². The van der Waals surface area contributed by atoms with Crippen LogP contribution in [0.25, 0.3) is 0 Å². The monoisotopic (exact) mass is 379 g/mol. The molecule has 1 amide bonds. The minimum Gasteiger partial charge on any atom is -0.497 e. The van der Waals surface area contributed by atoms with Crippen LogP contribution in [-0.2, 0) is 4.79 Å². The predicted molar refractivity (Wildman–Crippen MR) is 101 cm³/mol. The Morgan fingerprint density at radius 1 is 0.962 bits per heavy atom. The zero-order valence-corrected chi connectivity index (χ0v) is 15.8. The first-order valence-corrected chi connectivity index (χ1v) is 8.43. The molecule has 0 bridgehead atoms. The van der Waals surface area contributed by atoms with Crippen LogP contribution >= 0.6 is 11.6 Å². The topological polar surface area (TPSA) is 66.0 Å². The maximum Gasteiger partial charge on any atom is 0.224 e. The first-order valence-electron chi connectivity index (χ1n) is 8.05. The summed E-state index contributed by atoms with van der Waals surface area (Å²) < 4.78 is 21.1. The highest BCUT2D eigenvalue weighted by atomic mass is 35.5. The number of halogens is 1. The van der Waals surface area contributed by atoms with Crippen molar-refractivity contribution in [3.63, 3.8) is 0 Å². The van der Waals surface area contributed by atoms with Crippen molar-refractivity contribution >= 4 is 23.2 Å². The van der Waals surface area contributed by atoms with Crippen LogP contribution in [0.2, 0.25) is 5.02 Å². The third-order valence-electron chi connectivity index (χ3n) is 3.62. The lowest BCUT2D eigenvalue weighted by Gasteiger charge is -2.12. The third-order valence-corrected chi connectivity index (χ3v) is 3.94. The van der Waals surface area contributed by atoms with E-state index in [2.05, 4.69) is 5.32 Å². The molecule has 0 atom stereocenters. The average Bonchev–Trinajstić information content (AvgIpc) is 2.67. The van der Waals surface area contributed by atoms with E-state index < -0.39 is 0 Å². The second-order valence-electron chi connectivity index (χ2n) is 5.36. The van der Waals surface area contributed by atoms with E-state index >= 15 is 0 Å². The van der Waals surface area contributed by atoms with Crippen molar-refractivity contribution in [3.05, 3.63) is 41.4 Å². The minimum atomic E-state index is -0.155. The van der Waals surface area contributed by atoms with Crippen LogP contribution < -0.4 is 24.3 Å². The van der Waals surface area contributed by atoms with Crippen molar-refractivity contribution in [1.29, 1.82) is 0 Å². The zero-order chi connectivity index (χ0) is 18.9. The SMILES string of the molecule is COc1ccc(OCCCC(=O)Nc2cc(OC)c(OC)cc2Cl)cc1. The van der Waals surface area contributed by atoms with Gasteiger partial charge in [-0.3, -0.25) is 4.79 Å².